The number of nitrogens with zero attached hydrogens (tertiary/aromatic N) is 1. The molecular formula is C17H14N2O7. The topological polar surface area (TPSA) is 125 Å². The Balaban J connectivity index is 2.37. The zero-order valence-electron chi connectivity index (χ0n) is 13.8. The predicted octanol–water partition coefficient (Wildman–Crippen LogP) is 2.70. The lowest BCUT2D eigenvalue weighted by atomic mass is 10.1. The summed E-state index contributed by atoms with van der Waals surface area (Å²) in [4.78, 5) is 45.2. The maximum atomic E-state index is 12.6. The Hall–Kier alpha value is -3.75. The molecule has 26 heavy (non-hydrogen) atoms. The highest BCUT2D eigenvalue weighted by atomic mass is 16.6. The number of nitrogens with one attached hydrogen (secondary N) is 1. The van der Waals surface area contributed by atoms with Gasteiger partial charge in [0.2, 0.25) is 0 Å². The summed E-state index contributed by atoms with van der Waals surface area (Å²) in [6.45, 7) is 2.33. The molecule has 9 heteroatoms. The van der Waals surface area contributed by atoms with Crippen molar-refractivity contribution in [3.05, 3.63) is 58.1 Å². The summed E-state index contributed by atoms with van der Waals surface area (Å²) in [6.07, 6.45) is 0. The van der Waals surface area contributed by atoms with Crippen LogP contribution in [0.2, 0.25) is 0 Å². The third-order valence-corrected chi connectivity index (χ3v) is 3.06. The van der Waals surface area contributed by atoms with Crippen molar-refractivity contribution in [3.8, 4) is 11.5 Å². The van der Waals surface area contributed by atoms with Crippen molar-refractivity contribution in [2.75, 3.05) is 5.32 Å². The summed E-state index contributed by atoms with van der Waals surface area (Å²) in [5, 5.41) is 13.2. The van der Waals surface area contributed by atoms with Gasteiger partial charge in [0.05, 0.1) is 4.92 Å². The van der Waals surface area contributed by atoms with Crippen LogP contribution in [0.25, 0.3) is 0 Å². The first-order chi connectivity index (χ1) is 12.3. The van der Waals surface area contributed by atoms with Gasteiger partial charge in [0, 0.05) is 31.7 Å². The minimum atomic E-state index is -0.716. The lowest BCUT2D eigenvalue weighted by Gasteiger charge is -2.13. The molecule has 0 spiro atoms. The van der Waals surface area contributed by atoms with E-state index in [9.17, 15) is 24.5 Å². The van der Waals surface area contributed by atoms with Crippen LogP contribution in [0.15, 0.2) is 42.5 Å². The van der Waals surface area contributed by atoms with E-state index in [-0.39, 0.29) is 28.4 Å². The Morgan fingerprint density at radius 1 is 0.923 bits per heavy atom. The number of ether oxygens (including phenoxy) is 2. The maximum absolute atomic E-state index is 12.6. The van der Waals surface area contributed by atoms with E-state index in [1.807, 2.05) is 0 Å². The van der Waals surface area contributed by atoms with Crippen molar-refractivity contribution in [2.45, 2.75) is 13.8 Å². The zero-order chi connectivity index (χ0) is 19.3. The average Bonchev–Trinajstić information content (AvgIpc) is 2.54. The highest BCUT2D eigenvalue weighted by molar-refractivity contribution is 6.09. The molecule has 0 aliphatic carbocycles. The second kappa shape index (κ2) is 7.88. The predicted molar refractivity (Wildman–Crippen MR) is 90.1 cm³/mol. The number of hydrogen-bond acceptors (Lipinski definition) is 7. The molecule has 134 valence electrons. The highest BCUT2D eigenvalue weighted by Gasteiger charge is 2.21. The molecule has 2 rings (SSSR count). The number of anilines is 1. The molecule has 1 N–H and O–H groups in total. The summed E-state index contributed by atoms with van der Waals surface area (Å²) in [5.74, 6) is -2.21. The lowest BCUT2D eigenvalue weighted by Crippen LogP contribution is -2.17. The molecule has 0 bridgehead atoms. The van der Waals surface area contributed by atoms with Gasteiger partial charge in [-0.05, 0) is 24.3 Å². The summed E-state index contributed by atoms with van der Waals surface area (Å²) in [7, 11) is 0. The standard InChI is InChI=1S/C17H14N2O7/c1-10(20)25-14-4-3-5-15(26-11(2)21)16(14)17(22)18-12-6-8-13(9-7-12)19(23)24/h3-9H,1-2H3,(H,18,22). The third-order valence-electron chi connectivity index (χ3n) is 3.06. The van der Waals surface area contributed by atoms with Gasteiger partial charge in [0.1, 0.15) is 17.1 Å². The fourth-order valence-electron chi connectivity index (χ4n) is 2.07. The van der Waals surface area contributed by atoms with Crippen molar-refractivity contribution in [1.82, 2.24) is 0 Å². The molecule has 0 radical (unpaired) electrons. The van der Waals surface area contributed by atoms with Gasteiger partial charge < -0.3 is 14.8 Å². The van der Waals surface area contributed by atoms with Crippen LogP contribution in [0, 0.1) is 10.1 Å². The van der Waals surface area contributed by atoms with Crippen LogP contribution in [0.5, 0.6) is 11.5 Å². The molecular weight excluding hydrogens is 344 g/mol. The quantitative estimate of drug-likeness (QED) is 0.377. The SMILES string of the molecule is CC(=O)Oc1cccc(OC(C)=O)c1C(=O)Nc1ccc([N+](=O)[O-])cc1. The van der Waals surface area contributed by atoms with E-state index in [1.165, 1.54) is 42.5 Å². The van der Waals surface area contributed by atoms with Crippen molar-refractivity contribution in [2.24, 2.45) is 0 Å². The van der Waals surface area contributed by atoms with E-state index >= 15 is 0 Å². The molecule has 0 aliphatic heterocycles. The van der Waals surface area contributed by atoms with Gasteiger partial charge in [-0.15, -0.1) is 0 Å². The fraction of sp³-hybridized carbons (Fsp3) is 0.118. The summed E-state index contributed by atoms with van der Waals surface area (Å²) < 4.78 is 9.99. The van der Waals surface area contributed by atoms with E-state index < -0.39 is 22.8 Å². The maximum Gasteiger partial charge on any atom is 0.308 e. The number of carbonyl (C=O) groups is 3. The van der Waals surface area contributed by atoms with Gasteiger partial charge >= 0.3 is 11.9 Å². The minimum Gasteiger partial charge on any atom is -0.426 e. The Morgan fingerprint density at radius 2 is 1.42 bits per heavy atom. The van der Waals surface area contributed by atoms with E-state index in [4.69, 9.17) is 9.47 Å². The highest BCUT2D eigenvalue weighted by Crippen LogP contribution is 2.30. The number of rotatable bonds is 5. The summed E-state index contributed by atoms with van der Waals surface area (Å²) in [6, 6.07) is 9.34. The lowest BCUT2D eigenvalue weighted by molar-refractivity contribution is -0.384. The van der Waals surface area contributed by atoms with Crippen LogP contribution in [-0.4, -0.2) is 22.8 Å². The molecule has 9 nitrogen and oxygen atoms in total. The van der Waals surface area contributed by atoms with Gasteiger partial charge in [-0.3, -0.25) is 24.5 Å². The Morgan fingerprint density at radius 3 is 1.85 bits per heavy atom. The van der Waals surface area contributed by atoms with Crippen LogP contribution in [0.4, 0.5) is 11.4 Å². The first kappa shape index (κ1) is 18.6. The molecule has 1 amide bonds. The molecule has 0 saturated carbocycles. The molecule has 0 unspecified atom stereocenters. The van der Waals surface area contributed by atoms with Gasteiger partial charge in [-0.25, -0.2) is 0 Å². The number of nitro groups is 1. The fourth-order valence-corrected chi connectivity index (χ4v) is 2.07. The molecule has 2 aromatic carbocycles. The molecule has 2 aromatic rings. The van der Waals surface area contributed by atoms with Crippen LogP contribution in [0.3, 0.4) is 0 Å². The zero-order valence-corrected chi connectivity index (χ0v) is 13.8. The number of carbonyl (C=O) groups excluding carboxylic acids is 3. The van der Waals surface area contributed by atoms with Crippen molar-refractivity contribution >= 4 is 29.2 Å². The molecule has 0 heterocycles. The number of amides is 1. The van der Waals surface area contributed by atoms with Gasteiger partial charge in [0.15, 0.2) is 0 Å². The van der Waals surface area contributed by atoms with E-state index in [0.29, 0.717) is 0 Å². The van der Waals surface area contributed by atoms with Crippen molar-refractivity contribution in [1.29, 1.82) is 0 Å². The Bertz CT molecular complexity index is 841. The Labute approximate surface area is 147 Å². The monoisotopic (exact) mass is 358 g/mol. The van der Waals surface area contributed by atoms with Crippen LogP contribution in [-0.2, 0) is 9.59 Å². The average molecular weight is 358 g/mol. The molecule has 0 aromatic heterocycles. The van der Waals surface area contributed by atoms with Crippen LogP contribution >= 0.6 is 0 Å². The number of nitro benzene ring substituents is 1. The number of benzene rings is 2. The van der Waals surface area contributed by atoms with Crippen molar-refractivity contribution in [3.63, 3.8) is 0 Å². The smallest absolute Gasteiger partial charge is 0.308 e. The van der Waals surface area contributed by atoms with Gasteiger partial charge in [-0.2, -0.15) is 0 Å². The van der Waals surface area contributed by atoms with Crippen LogP contribution in [0.1, 0.15) is 24.2 Å². The summed E-state index contributed by atoms with van der Waals surface area (Å²) in [5.41, 5.74) is -0.0211. The second-order valence-electron chi connectivity index (χ2n) is 5.07. The van der Waals surface area contributed by atoms with E-state index in [2.05, 4.69) is 5.32 Å². The van der Waals surface area contributed by atoms with Gasteiger partial charge in [-0.1, -0.05) is 6.07 Å². The minimum absolute atomic E-state index is 0.0874. The number of hydrogen-bond donors (Lipinski definition) is 1. The molecule has 0 fully saturated rings. The second-order valence-corrected chi connectivity index (χ2v) is 5.07. The molecule has 0 aliphatic rings. The van der Waals surface area contributed by atoms with Gasteiger partial charge in [0.25, 0.3) is 11.6 Å². The van der Waals surface area contributed by atoms with Crippen molar-refractivity contribution < 1.29 is 28.8 Å². The molecule has 0 atom stereocenters. The largest absolute Gasteiger partial charge is 0.426 e. The first-order valence-corrected chi connectivity index (χ1v) is 7.33. The van der Waals surface area contributed by atoms with E-state index in [1.54, 1.807) is 0 Å². The number of esters is 2. The van der Waals surface area contributed by atoms with Crippen LogP contribution < -0.4 is 14.8 Å². The first-order valence-electron chi connectivity index (χ1n) is 7.33. The Kier molecular flexibility index (Phi) is 5.63. The normalized spacial score (nSPS) is 9.92. The molecule has 0 saturated heterocycles. The van der Waals surface area contributed by atoms with E-state index in [0.717, 1.165) is 13.8 Å². The third kappa shape index (κ3) is 4.63. The summed E-state index contributed by atoms with van der Waals surface area (Å²) >= 11 is 0. The number of non-ortho nitro benzene ring substituents is 1.